The van der Waals surface area contributed by atoms with Crippen LogP contribution >= 0.6 is 0 Å². The Labute approximate surface area is 182 Å². The largest absolute Gasteiger partial charge is 0.368 e. The second-order valence-electron chi connectivity index (χ2n) is 8.45. The van der Waals surface area contributed by atoms with Gasteiger partial charge in [0.25, 0.3) is 0 Å². The van der Waals surface area contributed by atoms with Gasteiger partial charge >= 0.3 is 0 Å². The number of aromatic nitrogens is 1. The van der Waals surface area contributed by atoms with Crippen LogP contribution in [-0.2, 0) is 16.1 Å². The molecule has 166 valence electrons. The molecule has 4 N–H and O–H groups in total. The number of nitriles is 1. The fraction of sp³-hybridized carbons (Fsp3) is 0.435. The molecule has 0 saturated carbocycles. The Morgan fingerprint density at radius 1 is 1.26 bits per heavy atom. The van der Waals surface area contributed by atoms with Gasteiger partial charge in [0.05, 0.1) is 17.6 Å². The van der Waals surface area contributed by atoms with Crippen molar-refractivity contribution in [2.45, 2.75) is 53.1 Å². The molecule has 0 fully saturated rings. The summed E-state index contributed by atoms with van der Waals surface area (Å²) in [5.74, 6) is -0.682. The van der Waals surface area contributed by atoms with E-state index in [1.54, 1.807) is 19.1 Å². The van der Waals surface area contributed by atoms with Gasteiger partial charge in [0.1, 0.15) is 17.7 Å². The number of amides is 2. The molecule has 2 aromatic rings. The zero-order chi connectivity index (χ0) is 23.3. The summed E-state index contributed by atoms with van der Waals surface area (Å²) in [6, 6.07) is 8.21. The molecule has 2 rings (SSSR count). The molecule has 31 heavy (non-hydrogen) atoms. The van der Waals surface area contributed by atoms with Crippen LogP contribution in [0.4, 0.5) is 10.2 Å². The third-order valence-corrected chi connectivity index (χ3v) is 5.45. The average molecular weight is 428 g/mol. The first kappa shape index (κ1) is 24.1. The molecule has 0 aliphatic rings. The molecule has 1 aromatic carbocycles. The molecule has 1 aromatic heterocycles. The summed E-state index contributed by atoms with van der Waals surface area (Å²) >= 11 is 0. The van der Waals surface area contributed by atoms with E-state index >= 15 is 0 Å². The zero-order valence-corrected chi connectivity index (χ0v) is 18.7. The maximum atomic E-state index is 13.2. The number of halogens is 1. The molecule has 0 bridgehead atoms. The topological polar surface area (TPSA) is 113 Å². The summed E-state index contributed by atoms with van der Waals surface area (Å²) in [7, 11) is 0. The van der Waals surface area contributed by atoms with Crippen LogP contribution in [0.1, 0.15) is 49.6 Å². The molecular formula is C23H30FN5O2. The number of nitrogens with one attached hydrogen (secondary N) is 2. The van der Waals surface area contributed by atoms with Crippen molar-refractivity contribution in [3.05, 3.63) is 52.5 Å². The third-order valence-electron chi connectivity index (χ3n) is 5.45. The van der Waals surface area contributed by atoms with E-state index in [9.17, 15) is 19.2 Å². The molecule has 1 atom stereocenters. The number of hydrogen-bond acceptors (Lipinski definition) is 4. The highest BCUT2D eigenvalue weighted by Gasteiger charge is 2.32. The van der Waals surface area contributed by atoms with E-state index in [1.807, 2.05) is 32.3 Å². The number of rotatable bonds is 9. The van der Waals surface area contributed by atoms with Gasteiger partial charge in [-0.25, -0.2) is 4.39 Å². The lowest BCUT2D eigenvalue weighted by atomic mass is 9.90. The highest BCUT2D eigenvalue weighted by atomic mass is 19.1. The first-order chi connectivity index (χ1) is 14.5. The van der Waals surface area contributed by atoms with Gasteiger partial charge in [-0.15, -0.1) is 0 Å². The van der Waals surface area contributed by atoms with Crippen LogP contribution < -0.4 is 16.4 Å². The quantitative estimate of drug-likeness (QED) is 0.571. The molecule has 8 heteroatoms. The van der Waals surface area contributed by atoms with E-state index in [1.165, 1.54) is 12.1 Å². The zero-order valence-electron chi connectivity index (χ0n) is 18.7. The van der Waals surface area contributed by atoms with Crippen molar-refractivity contribution >= 4 is 17.6 Å². The minimum atomic E-state index is -1.02. The van der Waals surface area contributed by atoms with E-state index < -0.39 is 17.4 Å². The molecule has 0 aliphatic carbocycles. The number of carbonyl (C=O) groups excluding carboxylic acids is 2. The second-order valence-corrected chi connectivity index (χ2v) is 8.45. The van der Waals surface area contributed by atoms with Gasteiger partial charge < -0.3 is 15.6 Å². The number of benzene rings is 1. The fourth-order valence-electron chi connectivity index (χ4n) is 3.63. The molecular weight excluding hydrogens is 397 g/mol. The van der Waals surface area contributed by atoms with Crippen molar-refractivity contribution in [1.29, 1.82) is 5.26 Å². The van der Waals surface area contributed by atoms with E-state index in [4.69, 9.17) is 5.73 Å². The van der Waals surface area contributed by atoms with Gasteiger partial charge in [0.2, 0.25) is 11.8 Å². The van der Waals surface area contributed by atoms with Gasteiger partial charge in [-0.1, -0.05) is 26.0 Å². The van der Waals surface area contributed by atoms with E-state index in [0.29, 0.717) is 24.3 Å². The maximum Gasteiger partial charge on any atom is 0.239 e. The van der Waals surface area contributed by atoms with Crippen LogP contribution in [0.3, 0.4) is 0 Å². The Hall–Kier alpha value is -3.18. The summed E-state index contributed by atoms with van der Waals surface area (Å²) in [6.45, 7) is 9.51. The number of primary amides is 1. The van der Waals surface area contributed by atoms with Crippen molar-refractivity contribution < 1.29 is 14.0 Å². The summed E-state index contributed by atoms with van der Waals surface area (Å²) in [6.07, 6.45) is 0.484. The van der Waals surface area contributed by atoms with Crippen LogP contribution in [0, 0.1) is 36.9 Å². The Morgan fingerprint density at radius 2 is 1.87 bits per heavy atom. The molecule has 0 aliphatic heterocycles. The lowest BCUT2D eigenvalue weighted by Gasteiger charge is -2.29. The average Bonchev–Trinajstić information content (AvgIpc) is 2.91. The van der Waals surface area contributed by atoms with Crippen LogP contribution in [0.5, 0.6) is 0 Å². The molecule has 2 amide bonds. The van der Waals surface area contributed by atoms with Gasteiger partial charge in [0.15, 0.2) is 0 Å². The van der Waals surface area contributed by atoms with Crippen LogP contribution in [0.15, 0.2) is 24.3 Å². The van der Waals surface area contributed by atoms with E-state index in [2.05, 4.69) is 16.7 Å². The number of carbonyl (C=O) groups is 2. The van der Waals surface area contributed by atoms with E-state index in [-0.39, 0.29) is 18.3 Å². The summed E-state index contributed by atoms with van der Waals surface area (Å²) in [4.78, 5) is 24.6. The van der Waals surface area contributed by atoms with Gasteiger partial charge in [0, 0.05) is 12.2 Å². The van der Waals surface area contributed by atoms with Crippen molar-refractivity contribution in [1.82, 2.24) is 9.88 Å². The second kappa shape index (κ2) is 9.75. The summed E-state index contributed by atoms with van der Waals surface area (Å²) in [5.41, 5.74) is 7.30. The molecule has 0 radical (unpaired) electrons. The van der Waals surface area contributed by atoms with Crippen LogP contribution in [0.25, 0.3) is 0 Å². The predicted molar refractivity (Wildman–Crippen MR) is 118 cm³/mol. The van der Waals surface area contributed by atoms with Crippen LogP contribution in [0.2, 0.25) is 0 Å². The highest BCUT2D eigenvalue weighted by molar-refractivity contribution is 5.94. The van der Waals surface area contributed by atoms with Gasteiger partial charge in [-0.3, -0.25) is 14.9 Å². The van der Waals surface area contributed by atoms with Crippen LogP contribution in [-0.4, -0.2) is 28.5 Å². The highest BCUT2D eigenvalue weighted by Crippen LogP contribution is 2.27. The summed E-state index contributed by atoms with van der Waals surface area (Å²) < 4.78 is 15.1. The number of hydrogen-bond donors (Lipinski definition) is 3. The van der Waals surface area contributed by atoms with Gasteiger partial charge in [-0.05, 0) is 56.4 Å². The summed E-state index contributed by atoms with van der Waals surface area (Å²) in [5, 5.41) is 15.4. The molecule has 0 saturated heterocycles. The number of anilines is 1. The van der Waals surface area contributed by atoms with Crippen molar-refractivity contribution in [2.24, 2.45) is 11.7 Å². The third kappa shape index (κ3) is 5.70. The minimum Gasteiger partial charge on any atom is -0.368 e. The van der Waals surface area contributed by atoms with Crippen molar-refractivity contribution in [3.63, 3.8) is 0 Å². The standard InChI is InChI=1S/C23H30FN5O2/c1-14(2)10-23(5,22(26)31)27-12-20(30)28-21-19(11-25)15(3)16(4)29(21)13-17-6-8-18(24)9-7-17/h6-9,14,27H,10,12-13H2,1-5H3,(H2,26,31)(H,28,30). The van der Waals surface area contributed by atoms with Crippen molar-refractivity contribution in [2.75, 3.05) is 11.9 Å². The fourth-order valence-corrected chi connectivity index (χ4v) is 3.63. The first-order valence-electron chi connectivity index (χ1n) is 10.2. The smallest absolute Gasteiger partial charge is 0.239 e. The monoisotopic (exact) mass is 427 g/mol. The molecule has 1 heterocycles. The van der Waals surface area contributed by atoms with Crippen molar-refractivity contribution in [3.8, 4) is 6.07 Å². The normalized spacial score (nSPS) is 13.0. The Balaban J connectivity index is 2.26. The molecule has 7 nitrogen and oxygen atoms in total. The Kier molecular flexibility index (Phi) is 7.58. The Bertz CT molecular complexity index is 1000. The SMILES string of the molecule is Cc1c(C#N)c(NC(=O)CNC(C)(CC(C)C)C(N)=O)n(Cc2ccc(F)cc2)c1C. The Morgan fingerprint density at radius 3 is 2.39 bits per heavy atom. The molecule has 0 spiro atoms. The minimum absolute atomic E-state index is 0.142. The molecule has 1 unspecified atom stereocenters. The number of nitrogens with zero attached hydrogens (tertiary/aromatic N) is 2. The predicted octanol–water partition coefficient (Wildman–Crippen LogP) is 2.98. The maximum absolute atomic E-state index is 13.2. The number of nitrogens with two attached hydrogens (primary N) is 1. The van der Waals surface area contributed by atoms with E-state index in [0.717, 1.165) is 16.8 Å². The van der Waals surface area contributed by atoms with Gasteiger partial charge in [-0.2, -0.15) is 5.26 Å². The lowest BCUT2D eigenvalue weighted by molar-refractivity contribution is -0.125. The lowest BCUT2D eigenvalue weighted by Crippen LogP contribution is -2.55. The first-order valence-corrected chi connectivity index (χ1v) is 10.2.